The molecule has 4 rings (SSSR count). The Kier molecular flexibility index (Phi) is 5.71. The average molecular weight is 474 g/mol. The Morgan fingerprint density at radius 1 is 1.20 bits per heavy atom. The van der Waals surface area contributed by atoms with Gasteiger partial charge in [-0.15, -0.1) is 0 Å². The van der Waals surface area contributed by atoms with Crippen molar-refractivity contribution < 1.29 is 19.8 Å². The zero-order chi connectivity index (χ0) is 21.4. The number of aliphatic hydroxyl groups excluding tert-OH is 1. The summed E-state index contributed by atoms with van der Waals surface area (Å²) in [4.78, 5) is 30.0. The summed E-state index contributed by atoms with van der Waals surface area (Å²) in [6, 6.07) is 12.6. The number of likely N-dealkylation sites (N-methyl/N-ethyl adjacent to an activating group) is 1. The first kappa shape index (κ1) is 20.7. The van der Waals surface area contributed by atoms with Gasteiger partial charge in [0.2, 0.25) is 0 Å². The van der Waals surface area contributed by atoms with E-state index >= 15 is 0 Å². The number of benzene rings is 2. The van der Waals surface area contributed by atoms with Crippen molar-refractivity contribution in [3.8, 4) is 0 Å². The number of halogens is 1. The van der Waals surface area contributed by atoms with Crippen molar-refractivity contribution in [1.29, 1.82) is 0 Å². The van der Waals surface area contributed by atoms with Crippen LogP contribution >= 0.6 is 15.9 Å². The van der Waals surface area contributed by atoms with Gasteiger partial charge in [0.25, 0.3) is 5.91 Å². The number of β-amino-alcohol motifs (C(OH)–C–C–N with tert-alkyl or cyclic N) is 1. The maximum absolute atomic E-state index is 13.2. The number of hydrogen-bond donors (Lipinski definition) is 2. The molecule has 2 aliphatic heterocycles. The van der Waals surface area contributed by atoms with Gasteiger partial charge in [-0.05, 0) is 35.7 Å². The second-order valence-corrected chi connectivity index (χ2v) is 8.77. The smallest absolute Gasteiger partial charge is 0.407 e. The normalized spacial score (nSPS) is 19.8. The van der Waals surface area contributed by atoms with Crippen LogP contribution in [0.5, 0.6) is 0 Å². The lowest BCUT2D eigenvalue weighted by atomic mass is 9.91. The summed E-state index contributed by atoms with van der Waals surface area (Å²) in [5, 5.41) is 20.7. The highest BCUT2D eigenvalue weighted by Crippen LogP contribution is 2.29. The fraction of sp³-hybridized carbons (Fsp3) is 0.364. The van der Waals surface area contributed by atoms with Gasteiger partial charge < -0.3 is 20.0 Å². The van der Waals surface area contributed by atoms with E-state index < -0.39 is 18.2 Å². The number of carbonyl (C=O) groups excluding carboxylic acids is 1. The minimum atomic E-state index is -1.06. The molecule has 2 N–H and O–H groups in total. The second-order valence-electron chi connectivity index (χ2n) is 7.85. The SMILES string of the molecule is CN1CCN(C[C@@H](O)[C@@H]2Cc3ccccc3CN2C(=O)O)C(=O)c2ccc(Br)cc21. The van der Waals surface area contributed by atoms with Crippen LogP contribution in [0.3, 0.4) is 0 Å². The molecule has 0 spiro atoms. The van der Waals surface area contributed by atoms with E-state index in [1.165, 1.54) is 4.90 Å². The van der Waals surface area contributed by atoms with Gasteiger partial charge in [0.15, 0.2) is 0 Å². The molecule has 7 nitrogen and oxygen atoms in total. The Balaban J connectivity index is 1.57. The Labute approximate surface area is 183 Å². The highest BCUT2D eigenvalue weighted by atomic mass is 79.9. The van der Waals surface area contributed by atoms with Crippen molar-refractivity contribution in [2.75, 3.05) is 31.6 Å². The molecule has 0 radical (unpaired) electrons. The minimum absolute atomic E-state index is 0.0821. The number of aliphatic hydroxyl groups is 1. The Morgan fingerprint density at radius 3 is 2.67 bits per heavy atom. The summed E-state index contributed by atoms with van der Waals surface area (Å²) in [7, 11) is 1.93. The van der Waals surface area contributed by atoms with Gasteiger partial charge in [-0.3, -0.25) is 9.69 Å². The molecule has 0 saturated carbocycles. The van der Waals surface area contributed by atoms with Crippen LogP contribution in [0.25, 0.3) is 0 Å². The lowest BCUT2D eigenvalue weighted by Gasteiger charge is -2.39. The summed E-state index contributed by atoms with van der Waals surface area (Å²) in [6.07, 6.45) is -1.62. The standard InChI is InChI=1S/C22H24BrN3O4/c1-24-8-9-25(21(28)17-7-6-16(23)11-18(17)24)13-20(27)19-10-14-4-2-3-5-15(14)12-26(19)22(29)30/h2-7,11,19-20,27H,8-10,12-13H2,1H3,(H,29,30)/t19-,20+/m0/s1. The van der Waals surface area contributed by atoms with E-state index in [2.05, 4.69) is 15.9 Å². The largest absolute Gasteiger partial charge is 0.465 e. The molecule has 0 aliphatic carbocycles. The molecule has 0 bridgehead atoms. The molecule has 158 valence electrons. The third kappa shape index (κ3) is 3.89. The number of anilines is 1. The van der Waals surface area contributed by atoms with E-state index in [-0.39, 0.29) is 19.0 Å². The van der Waals surface area contributed by atoms with Gasteiger partial charge in [0.05, 0.1) is 23.4 Å². The number of hydrogen-bond acceptors (Lipinski definition) is 4. The molecular weight excluding hydrogens is 450 g/mol. The van der Waals surface area contributed by atoms with E-state index in [0.717, 1.165) is 21.3 Å². The zero-order valence-corrected chi connectivity index (χ0v) is 18.2. The number of carboxylic acid groups (broad SMARTS) is 1. The maximum Gasteiger partial charge on any atom is 0.407 e. The van der Waals surface area contributed by atoms with Gasteiger partial charge in [-0.2, -0.15) is 0 Å². The molecule has 2 amide bonds. The van der Waals surface area contributed by atoms with Crippen LogP contribution in [0.2, 0.25) is 0 Å². The van der Waals surface area contributed by atoms with Gasteiger partial charge in [0, 0.05) is 37.7 Å². The number of carbonyl (C=O) groups is 2. The maximum atomic E-state index is 13.2. The van der Waals surface area contributed by atoms with E-state index in [1.807, 2.05) is 48.3 Å². The molecule has 2 aliphatic rings. The quantitative estimate of drug-likeness (QED) is 0.715. The Morgan fingerprint density at radius 2 is 1.93 bits per heavy atom. The van der Waals surface area contributed by atoms with Crippen molar-refractivity contribution >= 4 is 33.6 Å². The average Bonchev–Trinajstić information content (AvgIpc) is 2.84. The first-order valence-electron chi connectivity index (χ1n) is 9.89. The van der Waals surface area contributed by atoms with Gasteiger partial charge >= 0.3 is 6.09 Å². The van der Waals surface area contributed by atoms with E-state index in [0.29, 0.717) is 25.1 Å². The van der Waals surface area contributed by atoms with Crippen molar-refractivity contribution in [3.63, 3.8) is 0 Å². The number of fused-ring (bicyclic) bond motifs is 2. The van der Waals surface area contributed by atoms with Crippen molar-refractivity contribution in [2.24, 2.45) is 0 Å². The number of rotatable bonds is 3. The monoisotopic (exact) mass is 473 g/mol. The van der Waals surface area contributed by atoms with Crippen LogP contribution in [0.4, 0.5) is 10.5 Å². The fourth-order valence-corrected chi connectivity index (χ4v) is 4.64. The van der Waals surface area contributed by atoms with E-state index in [9.17, 15) is 19.8 Å². The molecule has 8 heteroatoms. The van der Waals surface area contributed by atoms with Crippen LogP contribution < -0.4 is 4.90 Å². The predicted octanol–water partition coefficient (Wildman–Crippen LogP) is 2.81. The van der Waals surface area contributed by atoms with E-state index in [1.54, 1.807) is 11.0 Å². The van der Waals surface area contributed by atoms with Crippen LogP contribution in [0, 0.1) is 0 Å². The third-order valence-corrected chi connectivity index (χ3v) is 6.47. The Hall–Kier alpha value is -2.58. The summed E-state index contributed by atoms with van der Waals surface area (Å²) in [5.74, 6) is -0.154. The summed E-state index contributed by atoms with van der Waals surface area (Å²) >= 11 is 3.45. The molecule has 0 saturated heterocycles. The van der Waals surface area contributed by atoms with Gasteiger partial charge in [-0.1, -0.05) is 40.2 Å². The van der Waals surface area contributed by atoms with Crippen LogP contribution in [-0.4, -0.2) is 70.8 Å². The number of nitrogens with zero attached hydrogens (tertiary/aromatic N) is 3. The third-order valence-electron chi connectivity index (χ3n) is 5.98. The summed E-state index contributed by atoms with van der Waals surface area (Å²) < 4.78 is 0.896. The van der Waals surface area contributed by atoms with Gasteiger partial charge in [-0.25, -0.2) is 4.79 Å². The molecule has 2 aromatic carbocycles. The fourth-order valence-electron chi connectivity index (χ4n) is 4.29. The first-order valence-corrected chi connectivity index (χ1v) is 10.7. The van der Waals surface area contributed by atoms with Crippen molar-refractivity contribution in [3.05, 3.63) is 63.6 Å². The summed E-state index contributed by atoms with van der Waals surface area (Å²) in [5.41, 5.74) is 3.41. The minimum Gasteiger partial charge on any atom is -0.465 e. The van der Waals surface area contributed by atoms with Crippen LogP contribution in [0.15, 0.2) is 46.9 Å². The molecule has 2 atom stereocenters. The van der Waals surface area contributed by atoms with Crippen LogP contribution in [0.1, 0.15) is 21.5 Å². The topological polar surface area (TPSA) is 84.3 Å². The second kappa shape index (κ2) is 8.28. The molecule has 30 heavy (non-hydrogen) atoms. The lowest BCUT2D eigenvalue weighted by Crippen LogP contribution is -2.54. The highest BCUT2D eigenvalue weighted by Gasteiger charge is 2.36. The molecule has 0 aromatic heterocycles. The lowest BCUT2D eigenvalue weighted by molar-refractivity contribution is 0.0184. The Bertz CT molecular complexity index is 983. The first-order chi connectivity index (χ1) is 14.3. The summed E-state index contributed by atoms with van der Waals surface area (Å²) in [6.45, 7) is 1.40. The number of amides is 2. The zero-order valence-electron chi connectivity index (χ0n) is 16.7. The van der Waals surface area contributed by atoms with E-state index in [4.69, 9.17) is 0 Å². The molecule has 2 aromatic rings. The molecule has 2 heterocycles. The molecular formula is C22H24BrN3O4. The highest BCUT2D eigenvalue weighted by molar-refractivity contribution is 9.10. The van der Waals surface area contributed by atoms with Crippen molar-refractivity contribution in [2.45, 2.75) is 25.1 Å². The van der Waals surface area contributed by atoms with Gasteiger partial charge in [0.1, 0.15) is 0 Å². The molecule has 0 unspecified atom stereocenters. The van der Waals surface area contributed by atoms with Crippen molar-refractivity contribution in [1.82, 2.24) is 9.80 Å². The molecule has 0 fully saturated rings. The van der Waals surface area contributed by atoms with Crippen LogP contribution in [-0.2, 0) is 13.0 Å². The predicted molar refractivity (Wildman–Crippen MR) is 117 cm³/mol.